The molecule has 0 bridgehead atoms. The maximum absolute atomic E-state index is 13.9. The predicted molar refractivity (Wildman–Crippen MR) is 143 cm³/mol. The molecule has 0 amide bonds. The summed E-state index contributed by atoms with van der Waals surface area (Å²) in [6.45, 7) is 5.60. The third-order valence-electron chi connectivity index (χ3n) is 6.90. The maximum atomic E-state index is 13.9. The van der Waals surface area contributed by atoms with Crippen LogP contribution in [0.2, 0.25) is 0 Å². The van der Waals surface area contributed by atoms with Crippen molar-refractivity contribution in [1.29, 1.82) is 0 Å². The quantitative estimate of drug-likeness (QED) is 0.377. The van der Waals surface area contributed by atoms with Gasteiger partial charge in [0.25, 0.3) is 0 Å². The van der Waals surface area contributed by atoms with E-state index in [1.807, 2.05) is 6.07 Å². The van der Waals surface area contributed by atoms with Gasteiger partial charge in [-0.2, -0.15) is 13.2 Å². The van der Waals surface area contributed by atoms with Crippen LogP contribution in [0.15, 0.2) is 35.4 Å². The van der Waals surface area contributed by atoms with Gasteiger partial charge in [-0.1, -0.05) is 11.3 Å². The Kier molecular flexibility index (Phi) is 6.70. The van der Waals surface area contributed by atoms with E-state index in [1.165, 1.54) is 22.6 Å². The number of halogens is 3. The molecule has 0 radical (unpaired) electrons. The van der Waals surface area contributed by atoms with Gasteiger partial charge in [0, 0.05) is 49.0 Å². The van der Waals surface area contributed by atoms with Gasteiger partial charge in [0.05, 0.1) is 22.1 Å². The van der Waals surface area contributed by atoms with Crippen LogP contribution in [0.4, 0.5) is 30.5 Å². The molecule has 37 heavy (non-hydrogen) atoms. The number of piperazine rings is 1. The highest BCUT2D eigenvalue weighted by Gasteiger charge is 2.36. The highest BCUT2D eigenvalue weighted by Crippen LogP contribution is 2.48. The minimum Gasteiger partial charge on any atom is -0.483 e. The van der Waals surface area contributed by atoms with Crippen LogP contribution in [-0.4, -0.2) is 48.0 Å². The molecule has 0 spiro atoms. The monoisotopic (exact) mass is 547 g/mol. The number of nitrogens with one attached hydrogen (secondary N) is 2. The van der Waals surface area contributed by atoms with Gasteiger partial charge in [-0.25, -0.2) is 9.97 Å². The first-order valence-corrected chi connectivity index (χ1v) is 14.4. The average molecular weight is 548 g/mol. The fourth-order valence-corrected chi connectivity index (χ4v) is 7.01. The molecule has 6 rings (SSSR count). The van der Waals surface area contributed by atoms with Crippen LogP contribution in [-0.2, 0) is 6.18 Å². The second-order valence-corrected chi connectivity index (χ2v) is 11.8. The second-order valence-electron chi connectivity index (χ2n) is 9.68. The zero-order chi connectivity index (χ0) is 25.6. The number of nitrogens with zero attached hydrogens (tertiary/aromatic N) is 3. The lowest BCUT2D eigenvalue weighted by molar-refractivity contribution is -0.137. The van der Waals surface area contributed by atoms with Crippen molar-refractivity contribution in [3.8, 4) is 15.6 Å². The van der Waals surface area contributed by atoms with Crippen LogP contribution in [0.5, 0.6) is 5.06 Å². The molecule has 1 saturated carbocycles. The van der Waals surface area contributed by atoms with Crippen molar-refractivity contribution >= 4 is 40.4 Å². The number of anilines is 3. The highest BCUT2D eigenvalue weighted by molar-refractivity contribution is 7.99. The van der Waals surface area contributed by atoms with Gasteiger partial charge in [-0.3, -0.25) is 0 Å². The zero-order valence-electron chi connectivity index (χ0n) is 20.4. The van der Waals surface area contributed by atoms with E-state index in [0.717, 1.165) is 61.4 Å². The maximum Gasteiger partial charge on any atom is 0.420 e. The smallest absolute Gasteiger partial charge is 0.420 e. The number of hydrogen-bond donors (Lipinski definition) is 2. The molecule has 1 atom stereocenters. The Labute approximate surface area is 222 Å². The molecule has 2 fully saturated rings. The fraction of sp³-hybridized carbons (Fsp3) is 0.462. The van der Waals surface area contributed by atoms with Crippen LogP contribution in [0.25, 0.3) is 10.6 Å². The van der Waals surface area contributed by atoms with E-state index in [0.29, 0.717) is 28.5 Å². The average Bonchev–Trinajstić information content (AvgIpc) is 3.68. The topological polar surface area (TPSA) is 62.3 Å². The number of ether oxygens (including phenoxy) is 1. The van der Waals surface area contributed by atoms with Crippen molar-refractivity contribution in [1.82, 2.24) is 15.3 Å². The van der Waals surface area contributed by atoms with Gasteiger partial charge in [-0.15, -0.1) is 11.8 Å². The van der Waals surface area contributed by atoms with Gasteiger partial charge in [0.2, 0.25) is 5.95 Å². The molecule has 1 saturated heterocycles. The molecule has 1 aliphatic carbocycles. The molecule has 1 aromatic carbocycles. The Bertz CT molecular complexity index is 1270. The van der Waals surface area contributed by atoms with E-state index < -0.39 is 11.7 Å². The van der Waals surface area contributed by atoms with Gasteiger partial charge in [0.1, 0.15) is 5.56 Å². The number of alkyl halides is 3. The summed E-state index contributed by atoms with van der Waals surface area (Å²) in [4.78, 5) is 12.2. The molecular weight excluding hydrogens is 519 g/mol. The molecular formula is C26H28F3N5OS2. The summed E-state index contributed by atoms with van der Waals surface area (Å²) in [6.07, 6.45) is -0.562. The minimum atomic E-state index is -4.57. The van der Waals surface area contributed by atoms with Crippen molar-refractivity contribution in [2.24, 2.45) is 0 Å². The Hall–Kier alpha value is -2.50. The zero-order valence-corrected chi connectivity index (χ0v) is 22.0. The van der Waals surface area contributed by atoms with Crippen LogP contribution in [0.3, 0.4) is 0 Å². The SMILES string of the molecule is CC1CNCCN1c1ccc(Nc2ncc(C(F)(F)F)c(-c3cc4c(s3)OCCCS4)n2)c(C2CC2)c1. The lowest BCUT2D eigenvalue weighted by Gasteiger charge is -2.36. The van der Waals surface area contributed by atoms with E-state index in [9.17, 15) is 13.2 Å². The van der Waals surface area contributed by atoms with Crippen molar-refractivity contribution in [3.63, 3.8) is 0 Å². The molecule has 4 heterocycles. The van der Waals surface area contributed by atoms with Crippen molar-refractivity contribution < 1.29 is 17.9 Å². The minimum absolute atomic E-state index is 0.119. The Morgan fingerprint density at radius 1 is 1.22 bits per heavy atom. The number of aromatic nitrogens is 2. The fourth-order valence-electron chi connectivity index (χ4n) is 4.84. The van der Waals surface area contributed by atoms with Gasteiger partial charge in [-0.05, 0) is 61.9 Å². The molecule has 196 valence electrons. The van der Waals surface area contributed by atoms with Crippen molar-refractivity contribution in [3.05, 3.63) is 41.6 Å². The summed E-state index contributed by atoms with van der Waals surface area (Å²) in [5, 5.41) is 7.33. The summed E-state index contributed by atoms with van der Waals surface area (Å²) in [6, 6.07) is 8.46. The molecule has 3 aliphatic rings. The van der Waals surface area contributed by atoms with E-state index >= 15 is 0 Å². The Morgan fingerprint density at radius 3 is 2.86 bits per heavy atom. The van der Waals surface area contributed by atoms with Crippen molar-refractivity contribution in [2.75, 3.05) is 42.2 Å². The second kappa shape index (κ2) is 9.99. The van der Waals surface area contributed by atoms with E-state index in [4.69, 9.17) is 4.74 Å². The summed E-state index contributed by atoms with van der Waals surface area (Å²) in [7, 11) is 0. The molecule has 11 heteroatoms. The van der Waals surface area contributed by atoms with Crippen LogP contribution in [0, 0.1) is 0 Å². The van der Waals surface area contributed by atoms with Crippen LogP contribution < -0.4 is 20.3 Å². The Morgan fingerprint density at radius 2 is 2.08 bits per heavy atom. The normalized spacial score (nSPS) is 20.2. The lowest BCUT2D eigenvalue weighted by atomic mass is 10.1. The molecule has 3 aromatic rings. The number of rotatable bonds is 5. The molecule has 2 aliphatic heterocycles. The van der Waals surface area contributed by atoms with E-state index in [1.54, 1.807) is 17.8 Å². The first-order valence-electron chi connectivity index (χ1n) is 12.6. The van der Waals surface area contributed by atoms with Gasteiger partial charge >= 0.3 is 6.18 Å². The number of thioether (sulfide) groups is 1. The van der Waals surface area contributed by atoms with Crippen molar-refractivity contribution in [2.45, 2.75) is 49.2 Å². The molecule has 2 aromatic heterocycles. The number of thiophene rings is 1. The largest absolute Gasteiger partial charge is 0.483 e. The van der Waals surface area contributed by atoms with Crippen LogP contribution >= 0.6 is 23.1 Å². The summed E-state index contributed by atoms with van der Waals surface area (Å²) in [5.41, 5.74) is 2.23. The molecule has 1 unspecified atom stereocenters. The first kappa shape index (κ1) is 24.8. The van der Waals surface area contributed by atoms with Crippen LogP contribution in [0.1, 0.15) is 43.2 Å². The summed E-state index contributed by atoms with van der Waals surface area (Å²) < 4.78 is 47.6. The molecule has 2 N–H and O–H groups in total. The van der Waals surface area contributed by atoms with Gasteiger partial charge < -0.3 is 20.3 Å². The third-order valence-corrected chi connectivity index (χ3v) is 9.20. The highest BCUT2D eigenvalue weighted by atomic mass is 32.2. The lowest BCUT2D eigenvalue weighted by Crippen LogP contribution is -2.49. The standard InChI is InChI=1S/C26H28F3N5OS2/c1-15-13-30-7-8-34(15)17-5-6-20(18(11-17)16-3-4-16)32-25-31-14-19(26(27,28)29)23(33-25)21-12-22-24(37-21)35-9-2-10-36-22/h5-6,11-12,14-16,30H,2-4,7-10,13H2,1H3,(H,31,32,33). The number of benzene rings is 1. The predicted octanol–water partition coefficient (Wildman–Crippen LogP) is 6.52. The van der Waals surface area contributed by atoms with Gasteiger partial charge in [0.15, 0.2) is 5.06 Å². The number of hydrogen-bond acceptors (Lipinski definition) is 8. The number of fused-ring (bicyclic) bond motifs is 1. The third kappa shape index (κ3) is 5.26. The summed E-state index contributed by atoms with van der Waals surface area (Å²) >= 11 is 2.82. The Balaban J connectivity index is 1.34. The van der Waals surface area contributed by atoms with E-state index in [2.05, 4.69) is 44.6 Å². The summed E-state index contributed by atoms with van der Waals surface area (Å²) in [5.74, 6) is 1.47. The molecule has 6 nitrogen and oxygen atoms in total. The van der Waals surface area contributed by atoms with E-state index in [-0.39, 0.29) is 11.6 Å². The first-order chi connectivity index (χ1) is 17.9.